The first-order valence-electron chi connectivity index (χ1n) is 6.79. The third-order valence-electron chi connectivity index (χ3n) is 3.59. The normalized spacial score (nSPS) is 23.3. The maximum atomic E-state index is 11.9. The van der Waals surface area contributed by atoms with Gasteiger partial charge in [0.1, 0.15) is 5.78 Å². The van der Waals surface area contributed by atoms with Crippen LogP contribution in [0.4, 0.5) is 0 Å². The Hall–Kier alpha value is -1.18. The van der Waals surface area contributed by atoms with E-state index in [9.17, 15) is 4.79 Å². The number of hydrogen-bond acceptors (Lipinski definition) is 2. The minimum Gasteiger partial charge on any atom is -0.300 e. The molecule has 0 N–H and O–H groups in total. The number of hydrogen-bond donors (Lipinski definition) is 0. The molecule has 0 bridgehead atoms. The van der Waals surface area contributed by atoms with E-state index in [0.29, 0.717) is 18.1 Å². The van der Waals surface area contributed by atoms with Gasteiger partial charge in [0.25, 0.3) is 0 Å². The lowest BCUT2D eigenvalue weighted by Crippen LogP contribution is -2.10. The van der Waals surface area contributed by atoms with Crippen LogP contribution in [0.2, 0.25) is 0 Å². The molecular weight excluding hydrogens is 210 g/mol. The van der Waals surface area contributed by atoms with E-state index in [4.69, 9.17) is 0 Å². The fourth-order valence-corrected chi connectivity index (χ4v) is 2.59. The van der Waals surface area contributed by atoms with Gasteiger partial charge in [0.15, 0.2) is 0 Å². The van der Waals surface area contributed by atoms with Crippen molar-refractivity contribution in [3.05, 3.63) is 30.1 Å². The van der Waals surface area contributed by atoms with E-state index in [-0.39, 0.29) is 0 Å². The molecule has 1 heterocycles. The fourth-order valence-electron chi connectivity index (χ4n) is 2.59. The summed E-state index contributed by atoms with van der Waals surface area (Å²) in [6, 6.07) is 6.01. The van der Waals surface area contributed by atoms with Gasteiger partial charge in [-0.05, 0) is 25.0 Å². The Morgan fingerprint density at radius 2 is 1.88 bits per heavy atom. The molecule has 2 heteroatoms. The van der Waals surface area contributed by atoms with Crippen LogP contribution in [0.3, 0.4) is 0 Å². The standard InChI is InChI=1S/C15H21NO/c17-14-9-5-3-1-2-4-8-13(12-14)15-10-6-7-11-16-15/h6-7,10-11,13H,1-5,8-9,12H2. The van der Waals surface area contributed by atoms with Crippen LogP contribution in [0.1, 0.15) is 63.0 Å². The monoisotopic (exact) mass is 231 g/mol. The van der Waals surface area contributed by atoms with Crippen LogP contribution in [0.5, 0.6) is 0 Å². The van der Waals surface area contributed by atoms with Crippen molar-refractivity contribution < 1.29 is 4.79 Å². The molecule has 1 aromatic heterocycles. The molecule has 0 aromatic carbocycles. The zero-order chi connectivity index (χ0) is 11.9. The molecule has 1 aromatic rings. The van der Waals surface area contributed by atoms with Gasteiger partial charge in [-0.3, -0.25) is 9.78 Å². The zero-order valence-corrected chi connectivity index (χ0v) is 10.4. The van der Waals surface area contributed by atoms with Gasteiger partial charge < -0.3 is 0 Å². The first-order chi connectivity index (χ1) is 8.36. The first kappa shape index (κ1) is 12.3. The van der Waals surface area contributed by atoms with Gasteiger partial charge in [-0.25, -0.2) is 0 Å². The molecule has 1 fully saturated rings. The smallest absolute Gasteiger partial charge is 0.133 e. The van der Waals surface area contributed by atoms with E-state index in [2.05, 4.69) is 11.1 Å². The SMILES string of the molecule is O=C1CCCCCCCC(c2ccccn2)C1. The molecule has 0 spiro atoms. The van der Waals surface area contributed by atoms with Gasteiger partial charge in [-0.2, -0.15) is 0 Å². The Morgan fingerprint density at radius 1 is 1.06 bits per heavy atom. The lowest BCUT2D eigenvalue weighted by molar-refractivity contribution is -0.119. The summed E-state index contributed by atoms with van der Waals surface area (Å²) in [4.78, 5) is 16.3. The number of carbonyl (C=O) groups excluding carboxylic acids is 1. The van der Waals surface area contributed by atoms with Crippen LogP contribution >= 0.6 is 0 Å². The summed E-state index contributed by atoms with van der Waals surface area (Å²) in [6.07, 6.45) is 10.5. The van der Waals surface area contributed by atoms with E-state index in [1.54, 1.807) is 0 Å². The molecule has 2 rings (SSSR count). The molecule has 0 amide bonds. The average Bonchev–Trinajstić information content (AvgIpc) is 2.38. The molecular formula is C15H21NO. The average molecular weight is 231 g/mol. The molecule has 2 nitrogen and oxygen atoms in total. The minimum absolute atomic E-state index is 0.349. The van der Waals surface area contributed by atoms with Crippen molar-refractivity contribution in [2.75, 3.05) is 0 Å². The quantitative estimate of drug-likeness (QED) is 0.734. The van der Waals surface area contributed by atoms with Crippen molar-refractivity contribution in [3.8, 4) is 0 Å². The van der Waals surface area contributed by atoms with Crippen molar-refractivity contribution >= 4 is 5.78 Å². The molecule has 1 aliphatic carbocycles. The largest absolute Gasteiger partial charge is 0.300 e. The topological polar surface area (TPSA) is 30.0 Å². The van der Waals surface area contributed by atoms with Gasteiger partial charge in [-0.15, -0.1) is 0 Å². The second kappa shape index (κ2) is 6.53. The highest BCUT2D eigenvalue weighted by atomic mass is 16.1. The van der Waals surface area contributed by atoms with Gasteiger partial charge in [-0.1, -0.05) is 31.7 Å². The molecule has 0 radical (unpaired) electrons. The number of pyridine rings is 1. The number of ketones is 1. The molecule has 1 aliphatic rings. The summed E-state index contributed by atoms with van der Waals surface area (Å²) in [6.45, 7) is 0. The van der Waals surface area contributed by atoms with Gasteiger partial charge in [0.2, 0.25) is 0 Å². The molecule has 1 saturated carbocycles. The van der Waals surface area contributed by atoms with Crippen LogP contribution in [-0.2, 0) is 4.79 Å². The van der Waals surface area contributed by atoms with Crippen LogP contribution in [-0.4, -0.2) is 10.8 Å². The highest BCUT2D eigenvalue weighted by Crippen LogP contribution is 2.27. The maximum Gasteiger partial charge on any atom is 0.133 e. The molecule has 0 aliphatic heterocycles. The number of Topliss-reactive ketones (excluding diaryl/α,β-unsaturated/α-hetero) is 1. The van der Waals surface area contributed by atoms with Crippen LogP contribution in [0.25, 0.3) is 0 Å². The number of aromatic nitrogens is 1. The molecule has 17 heavy (non-hydrogen) atoms. The van der Waals surface area contributed by atoms with Crippen LogP contribution in [0, 0.1) is 0 Å². The summed E-state index contributed by atoms with van der Waals surface area (Å²) in [7, 11) is 0. The lowest BCUT2D eigenvalue weighted by Gasteiger charge is -2.17. The van der Waals surface area contributed by atoms with Crippen molar-refractivity contribution in [2.45, 2.75) is 57.3 Å². The third-order valence-corrected chi connectivity index (χ3v) is 3.59. The van der Waals surface area contributed by atoms with E-state index < -0.39 is 0 Å². The second-order valence-electron chi connectivity index (χ2n) is 5.00. The van der Waals surface area contributed by atoms with Crippen molar-refractivity contribution in [1.82, 2.24) is 4.98 Å². The molecule has 0 saturated heterocycles. The van der Waals surface area contributed by atoms with E-state index >= 15 is 0 Å². The van der Waals surface area contributed by atoms with Gasteiger partial charge in [0, 0.05) is 30.7 Å². The number of rotatable bonds is 1. The highest BCUT2D eigenvalue weighted by molar-refractivity contribution is 5.79. The van der Waals surface area contributed by atoms with Gasteiger partial charge >= 0.3 is 0 Å². The number of carbonyl (C=O) groups is 1. The highest BCUT2D eigenvalue weighted by Gasteiger charge is 2.17. The Bertz CT molecular complexity index is 347. The Morgan fingerprint density at radius 3 is 2.71 bits per heavy atom. The predicted octanol–water partition coefficient (Wildman–Crippen LogP) is 3.87. The molecule has 92 valence electrons. The third kappa shape index (κ3) is 3.95. The minimum atomic E-state index is 0.349. The summed E-state index contributed by atoms with van der Waals surface area (Å²) in [5, 5.41) is 0. The summed E-state index contributed by atoms with van der Waals surface area (Å²) < 4.78 is 0. The van der Waals surface area contributed by atoms with Crippen molar-refractivity contribution in [2.24, 2.45) is 0 Å². The first-order valence-corrected chi connectivity index (χ1v) is 6.79. The number of nitrogens with zero attached hydrogens (tertiary/aromatic N) is 1. The summed E-state index contributed by atoms with van der Waals surface area (Å²) in [5.41, 5.74) is 1.10. The van der Waals surface area contributed by atoms with E-state index in [1.807, 2.05) is 18.3 Å². The van der Waals surface area contributed by atoms with Crippen molar-refractivity contribution in [3.63, 3.8) is 0 Å². The fraction of sp³-hybridized carbons (Fsp3) is 0.600. The Labute approximate surface area is 103 Å². The van der Waals surface area contributed by atoms with E-state index in [0.717, 1.165) is 25.0 Å². The van der Waals surface area contributed by atoms with Gasteiger partial charge in [0.05, 0.1) is 0 Å². The molecule has 1 atom stereocenters. The van der Waals surface area contributed by atoms with Crippen LogP contribution < -0.4 is 0 Å². The lowest BCUT2D eigenvalue weighted by atomic mass is 9.89. The molecule has 1 unspecified atom stereocenters. The maximum absolute atomic E-state index is 11.9. The summed E-state index contributed by atoms with van der Waals surface area (Å²) in [5.74, 6) is 0.768. The van der Waals surface area contributed by atoms with Crippen molar-refractivity contribution in [1.29, 1.82) is 0 Å². The Balaban J connectivity index is 2.04. The second-order valence-corrected chi connectivity index (χ2v) is 5.00. The summed E-state index contributed by atoms with van der Waals surface area (Å²) >= 11 is 0. The predicted molar refractivity (Wildman–Crippen MR) is 68.9 cm³/mol. The Kier molecular flexibility index (Phi) is 4.72. The van der Waals surface area contributed by atoms with E-state index in [1.165, 1.54) is 25.7 Å². The van der Waals surface area contributed by atoms with Crippen LogP contribution in [0.15, 0.2) is 24.4 Å². The zero-order valence-electron chi connectivity index (χ0n) is 10.4.